The van der Waals surface area contributed by atoms with Gasteiger partial charge in [-0.15, -0.1) is 0 Å². The molecule has 2 aliphatic carbocycles. The largest absolute Gasteiger partial charge is 0.494 e. The van der Waals surface area contributed by atoms with E-state index in [2.05, 4.69) is 0 Å². The molecular weight excluding hydrogens is 267 g/mol. The molecule has 0 amide bonds. The zero-order valence-corrected chi connectivity index (χ0v) is 12.7. The molecule has 21 heavy (non-hydrogen) atoms. The summed E-state index contributed by atoms with van der Waals surface area (Å²) in [5, 5.41) is 10.6. The minimum Gasteiger partial charge on any atom is -0.494 e. The highest BCUT2D eigenvalue weighted by molar-refractivity contribution is 5.32. The molecule has 0 saturated heterocycles. The molecule has 1 aromatic rings. The molecule has 0 heterocycles. The van der Waals surface area contributed by atoms with E-state index in [1.54, 1.807) is 18.2 Å². The number of benzene rings is 1. The maximum Gasteiger partial charge on any atom is 0.170 e. The van der Waals surface area contributed by atoms with E-state index in [0.717, 1.165) is 24.7 Å². The lowest BCUT2D eigenvalue weighted by molar-refractivity contribution is 0.0328. The summed E-state index contributed by atoms with van der Waals surface area (Å²) in [7, 11) is 1.46. The van der Waals surface area contributed by atoms with Gasteiger partial charge in [-0.25, -0.2) is 4.39 Å². The Labute approximate surface area is 126 Å². The lowest BCUT2D eigenvalue weighted by atomic mass is 9.66. The van der Waals surface area contributed by atoms with Gasteiger partial charge in [0.15, 0.2) is 11.6 Å². The number of ether oxygens (including phenoxy) is 1. The zero-order chi connectivity index (χ0) is 14.8. The summed E-state index contributed by atoms with van der Waals surface area (Å²) in [5.74, 6) is 1.58. The summed E-state index contributed by atoms with van der Waals surface area (Å²) in [4.78, 5) is 0. The molecule has 4 unspecified atom stereocenters. The van der Waals surface area contributed by atoms with Crippen LogP contribution in [0.3, 0.4) is 0 Å². The fourth-order valence-corrected chi connectivity index (χ4v) is 4.36. The topological polar surface area (TPSA) is 29.5 Å². The van der Waals surface area contributed by atoms with Gasteiger partial charge in [0, 0.05) is 5.56 Å². The van der Waals surface area contributed by atoms with Gasteiger partial charge in [-0.2, -0.15) is 0 Å². The fraction of sp³-hybridized carbons (Fsp3) is 0.667. The van der Waals surface area contributed by atoms with E-state index in [4.69, 9.17) is 4.74 Å². The van der Waals surface area contributed by atoms with Gasteiger partial charge < -0.3 is 9.84 Å². The molecule has 3 rings (SSSR count). The van der Waals surface area contributed by atoms with Crippen LogP contribution in [-0.2, 0) is 0 Å². The van der Waals surface area contributed by atoms with Crippen molar-refractivity contribution in [3.8, 4) is 5.75 Å². The Balaban J connectivity index is 1.75. The zero-order valence-electron chi connectivity index (χ0n) is 12.7. The Kier molecular flexibility index (Phi) is 4.48. The summed E-state index contributed by atoms with van der Waals surface area (Å²) < 4.78 is 19.3. The minimum absolute atomic E-state index is 0.186. The quantitative estimate of drug-likeness (QED) is 0.890. The van der Waals surface area contributed by atoms with E-state index in [9.17, 15) is 9.50 Å². The van der Waals surface area contributed by atoms with Gasteiger partial charge in [-0.1, -0.05) is 37.8 Å². The standard InChI is InChI=1S/C18H25FO2/c1-21-16-8-4-7-15(17(16)19)18(20)14-10-9-12-5-2-3-6-13(12)11-14/h4,7-8,12-14,18,20H,2-3,5-6,9-11H2,1H3. The van der Waals surface area contributed by atoms with Crippen LogP contribution in [0.1, 0.15) is 56.6 Å². The van der Waals surface area contributed by atoms with Gasteiger partial charge >= 0.3 is 0 Å². The Morgan fingerprint density at radius 1 is 1.14 bits per heavy atom. The second kappa shape index (κ2) is 6.35. The third-order valence-electron chi connectivity index (χ3n) is 5.56. The van der Waals surface area contributed by atoms with Crippen LogP contribution in [0.25, 0.3) is 0 Å². The minimum atomic E-state index is -0.706. The summed E-state index contributed by atoms with van der Waals surface area (Å²) in [6.07, 6.45) is 7.86. The Hall–Kier alpha value is -1.09. The van der Waals surface area contributed by atoms with Crippen LogP contribution < -0.4 is 4.74 Å². The van der Waals surface area contributed by atoms with Crippen molar-refractivity contribution in [2.45, 2.75) is 51.0 Å². The third kappa shape index (κ3) is 2.94. The molecule has 0 aromatic heterocycles. The van der Waals surface area contributed by atoms with Crippen LogP contribution in [-0.4, -0.2) is 12.2 Å². The molecule has 0 aliphatic heterocycles. The fourth-order valence-electron chi connectivity index (χ4n) is 4.36. The maximum atomic E-state index is 14.3. The highest BCUT2D eigenvalue weighted by Crippen LogP contribution is 2.46. The van der Waals surface area contributed by atoms with E-state index in [0.29, 0.717) is 5.56 Å². The van der Waals surface area contributed by atoms with Gasteiger partial charge in [0.1, 0.15) is 0 Å². The molecule has 4 atom stereocenters. The lowest BCUT2D eigenvalue weighted by Gasteiger charge is -2.40. The summed E-state index contributed by atoms with van der Waals surface area (Å²) in [6, 6.07) is 5.05. The summed E-state index contributed by atoms with van der Waals surface area (Å²) in [6.45, 7) is 0. The van der Waals surface area contributed by atoms with Crippen molar-refractivity contribution < 1.29 is 14.2 Å². The average molecular weight is 292 g/mol. The summed E-state index contributed by atoms with van der Waals surface area (Å²) in [5.41, 5.74) is 0.397. The molecule has 0 bridgehead atoms. The van der Waals surface area contributed by atoms with Gasteiger partial charge in [0.05, 0.1) is 13.2 Å². The van der Waals surface area contributed by atoms with Crippen LogP contribution in [0.4, 0.5) is 4.39 Å². The smallest absolute Gasteiger partial charge is 0.170 e. The predicted octanol–water partition coefficient (Wildman–Crippen LogP) is 4.47. The molecule has 3 heteroatoms. The monoisotopic (exact) mass is 292 g/mol. The molecule has 1 N–H and O–H groups in total. The van der Waals surface area contributed by atoms with Crippen LogP contribution >= 0.6 is 0 Å². The second-order valence-electron chi connectivity index (χ2n) is 6.69. The van der Waals surface area contributed by atoms with Crippen molar-refractivity contribution in [2.75, 3.05) is 7.11 Å². The maximum absolute atomic E-state index is 14.3. The summed E-state index contributed by atoms with van der Waals surface area (Å²) >= 11 is 0. The van der Waals surface area contributed by atoms with Crippen LogP contribution in [0.5, 0.6) is 5.75 Å². The van der Waals surface area contributed by atoms with Crippen molar-refractivity contribution in [1.29, 1.82) is 0 Å². The molecule has 2 fully saturated rings. The van der Waals surface area contributed by atoms with E-state index >= 15 is 0 Å². The number of aliphatic hydroxyl groups is 1. The average Bonchev–Trinajstić information content (AvgIpc) is 2.54. The van der Waals surface area contributed by atoms with Crippen molar-refractivity contribution in [2.24, 2.45) is 17.8 Å². The van der Waals surface area contributed by atoms with E-state index in [1.165, 1.54) is 39.2 Å². The van der Waals surface area contributed by atoms with Gasteiger partial charge in [0.2, 0.25) is 0 Å². The van der Waals surface area contributed by atoms with Crippen LogP contribution in [0, 0.1) is 23.6 Å². The number of methoxy groups -OCH3 is 1. The first-order valence-electron chi connectivity index (χ1n) is 8.21. The van der Waals surface area contributed by atoms with Crippen molar-refractivity contribution >= 4 is 0 Å². The SMILES string of the molecule is COc1cccc(C(O)C2CCC3CCCCC3C2)c1F. The number of halogens is 1. The van der Waals surface area contributed by atoms with Crippen molar-refractivity contribution in [3.63, 3.8) is 0 Å². The molecule has 1 aromatic carbocycles. The number of hydrogen-bond acceptors (Lipinski definition) is 2. The molecule has 2 nitrogen and oxygen atoms in total. The Morgan fingerprint density at radius 2 is 1.90 bits per heavy atom. The van der Waals surface area contributed by atoms with Gasteiger partial charge in [0.25, 0.3) is 0 Å². The normalized spacial score (nSPS) is 30.5. The predicted molar refractivity (Wildman–Crippen MR) is 80.7 cm³/mol. The number of hydrogen-bond donors (Lipinski definition) is 1. The molecule has 0 spiro atoms. The highest BCUT2D eigenvalue weighted by Gasteiger charge is 2.36. The van der Waals surface area contributed by atoms with Crippen molar-refractivity contribution in [1.82, 2.24) is 0 Å². The second-order valence-corrected chi connectivity index (χ2v) is 6.69. The van der Waals surface area contributed by atoms with Gasteiger partial charge in [-0.05, 0) is 43.1 Å². The van der Waals surface area contributed by atoms with E-state index in [1.807, 2.05) is 0 Å². The van der Waals surface area contributed by atoms with E-state index in [-0.39, 0.29) is 11.7 Å². The van der Waals surface area contributed by atoms with Gasteiger partial charge in [-0.3, -0.25) is 0 Å². The first-order chi connectivity index (χ1) is 10.2. The molecule has 116 valence electrons. The first-order valence-corrected chi connectivity index (χ1v) is 8.21. The molecule has 2 aliphatic rings. The van der Waals surface area contributed by atoms with E-state index < -0.39 is 11.9 Å². The van der Waals surface area contributed by atoms with Crippen LogP contribution in [0.15, 0.2) is 18.2 Å². The number of rotatable bonds is 3. The third-order valence-corrected chi connectivity index (χ3v) is 5.56. The highest BCUT2D eigenvalue weighted by atomic mass is 19.1. The number of aliphatic hydroxyl groups excluding tert-OH is 1. The van der Waals surface area contributed by atoms with Crippen LogP contribution in [0.2, 0.25) is 0 Å². The number of fused-ring (bicyclic) bond motifs is 1. The Morgan fingerprint density at radius 3 is 2.67 bits per heavy atom. The Bertz CT molecular complexity index is 488. The van der Waals surface area contributed by atoms with Crippen molar-refractivity contribution in [3.05, 3.63) is 29.6 Å². The molecule has 0 radical (unpaired) electrons. The first kappa shape index (κ1) is 14.8. The molecule has 2 saturated carbocycles. The molecular formula is C18H25FO2. The lowest BCUT2D eigenvalue weighted by Crippen LogP contribution is -2.30.